The lowest BCUT2D eigenvalue weighted by atomic mass is 9.92. The third-order valence-electron chi connectivity index (χ3n) is 7.31. The molecule has 2 aliphatic rings. The fourth-order valence-corrected chi connectivity index (χ4v) is 5.67. The fraction of sp³-hybridized carbons (Fsp3) is 0.219. The van der Waals surface area contributed by atoms with Gasteiger partial charge in [-0.05, 0) is 49.2 Å². The Morgan fingerprint density at radius 1 is 0.833 bits per heavy atom. The second-order valence-corrected chi connectivity index (χ2v) is 10.1. The summed E-state index contributed by atoms with van der Waals surface area (Å²) in [5.74, 6) is 0.942. The van der Waals surface area contributed by atoms with E-state index in [0.717, 1.165) is 42.8 Å². The van der Waals surface area contributed by atoms with Crippen LogP contribution >= 0.6 is 11.6 Å². The van der Waals surface area contributed by atoms with Crippen LogP contribution in [0.2, 0.25) is 5.02 Å². The predicted molar refractivity (Wildman–Crippen MR) is 161 cm³/mol. The molecule has 0 atom stereocenters. The van der Waals surface area contributed by atoms with Gasteiger partial charge in [-0.1, -0.05) is 29.8 Å². The molecule has 210 valence electrons. The van der Waals surface area contributed by atoms with Gasteiger partial charge in [0.25, 0.3) is 0 Å². The third-order valence-corrected chi connectivity index (χ3v) is 7.70. The third kappa shape index (κ3) is 4.84. The Labute approximate surface area is 247 Å². The molecule has 2 aliphatic heterocycles. The minimum absolute atomic E-state index is 0.100. The van der Waals surface area contributed by atoms with Crippen LogP contribution in [0.4, 0.5) is 4.39 Å². The van der Waals surface area contributed by atoms with Crippen molar-refractivity contribution < 1.29 is 13.9 Å². The van der Waals surface area contributed by atoms with Crippen LogP contribution in [0.3, 0.4) is 0 Å². The molecule has 0 spiro atoms. The van der Waals surface area contributed by atoms with E-state index in [1.165, 1.54) is 13.2 Å². The number of nitrogens with zero attached hydrogens (tertiary/aromatic N) is 5. The van der Waals surface area contributed by atoms with Gasteiger partial charge in [0.05, 0.1) is 53.9 Å². The lowest BCUT2D eigenvalue weighted by Crippen LogP contribution is -2.20. The zero-order chi connectivity index (χ0) is 29.2. The maximum atomic E-state index is 15.5. The van der Waals surface area contributed by atoms with Crippen LogP contribution in [0.5, 0.6) is 11.8 Å². The number of aliphatic imine (C=N–C) groups is 2. The summed E-state index contributed by atoms with van der Waals surface area (Å²) in [6.07, 6.45) is 1.85. The highest BCUT2D eigenvalue weighted by Gasteiger charge is 2.23. The van der Waals surface area contributed by atoms with E-state index in [9.17, 15) is 5.26 Å². The molecule has 2 aromatic carbocycles. The highest BCUT2D eigenvalue weighted by molar-refractivity contribution is 6.36. The standard InChI is InChI=1S/C32H26ClFN6O2/c1-41-31-21(25-7-4-14-36-25)9-12-26(39-31)18-5-3-6-19(23(18)17-35)28-24(34)11-8-20(29(28)33)27-13-10-22(32(40-27)42-2)30-37-15-16-38-30/h3,5-6,8-13H,4,7,14-16H2,1-2H3,(H,37,38). The lowest BCUT2D eigenvalue weighted by Gasteiger charge is -2.16. The Morgan fingerprint density at radius 3 is 2.19 bits per heavy atom. The van der Waals surface area contributed by atoms with E-state index in [-0.39, 0.29) is 16.1 Å². The summed E-state index contributed by atoms with van der Waals surface area (Å²) < 4.78 is 26.7. The number of hydrogen-bond donors (Lipinski definition) is 1. The lowest BCUT2D eigenvalue weighted by molar-refractivity contribution is 0.397. The molecule has 8 nitrogen and oxygen atoms in total. The minimum atomic E-state index is -0.564. The van der Waals surface area contributed by atoms with E-state index < -0.39 is 5.82 Å². The summed E-state index contributed by atoms with van der Waals surface area (Å²) in [7, 11) is 3.09. The van der Waals surface area contributed by atoms with E-state index in [1.54, 1.807) is 37.4 Å². The van der Waals surface area contributed by atoms with E-state index in [4.69, 9.17) is 26.1 Å². The topological polar surface area (TPSA) is 105 Å². The van der Waals surface area contributed by atoms with Gasteiger partial charge in [-0.3, -0.25) is 9.98 Å². The number of nitriles is 1. The van der Waals surface area contributed by atoms with Gasteiger partial charge in [-0.2, -0.15) is 5.26 Å². The van der Waals surface area contributed by atoms with Gasteiger partial charge < -0.3 is 14.8 Å². The number of methoxy groups -OCH3 is 2. The molecule has 0 aliphatic carbocycles. The molecule has 6 rings (SSSR count). The molecule has 1 N–H and O–H groups in total. The van der Waals surface area contributed by atoms with E-state index in [1.807, 2.05) is 18.2 Å². The summed E-state index contributed by atoms with van der Waals surface area (Å²) in [5.41, 5.74) is 5.24. The fourth-order valence-electron chi connectivity index (χ4n) is 5.32. The van der Waals surface area contributed by atoms with Gasteiger partial charge in [0.15, 0.2) is 0 Å². The second-order valence-electron chi connectivity index (χ2n) is 9.72. The van der Waals surface area contributed by atoms with Crippen molar-refractivity contribution in [1.82, 2.24) is 15.3 Å². The number of amidine groups is 1. The van der Waals surface area contributed by atoms with Gasteiger partial charge in [-0.25, -0.2) is 14.4 Å². The van der Waals surface area contributed by atoms with Gasteiger partial charge in [-0.15, -0.1) is 0 Å². The second kappa shape index (κ2) is 11.6. The maximum absolute atomic E-state index is 15.5. The number of aromatic nitrogens is 2. The van der Waals surface area contributed by atoms with Crippen molar-refractivity contribution in [2.45, 2.75) is 12.8 Å². The number of hydrogen-bond acceptors (Lipinski definition) is 8. The van der Waals surface area contributed by atoms with Crippen molar-refractivity contribution >= 4 is 23.1 Å². The van der Waals surface area contributed by atoms with Crippen molar-refractivity contribution in [2.24, 2.45) is 9.98 Å². The quantitative estimate of drug-likeness (QED) is 0.283. The minimum Gasteiger partial charge on any atom is -0.480 e. The summed E-state index contributed by atoms with van der Waals surface area (Å²) in [4.78, 5) is 18.4. The molecule has 0 unspecified atom stereocenters. The van der Waals surface area contributed by atoms with Crippen molar-refractivity contribution in [3.05, 3.63) is 82.1 Å². The SMILES string of the molecule is COc1nc(-c2cccc(-c3c(F)ccc(-c4ccc(C5=NCCN5)c(OC)n4)c3Cl)c2C#N)ccc1C1=NCCC1. The highest BCUT2D eigenvalue weighted by atomic mass is 35.5. The molecule has 10 heteroatoms. The Hall–Kier alpha value is -4.81. The van der Waals surface area contributed by atoms with E-state index >= 15 is 4.39 Å². The van der Waals surface area contributed by atoms with Gasteiger partial charge >= 0.3 is 0 Å². The van der Waals surface area contributed by atoms with Crippen LogP contribution in [0.15, 0.2) is 64.6 Å². The number of halogens is 2. The summed E-state index contributed by atoms with van der Waals surface area (Å²) in [5, 5.41) is 13.7. The summed E-state index contributed by atoms with van der Waals surface area (Å²) >= 11 is 6.90. The molecule has 0 saturated heterocycles. The summed E-state index contributed by atoms with van der Waals surface area (Å²) in [6.45, 7) is 2.20. The molecule has 0 amide bonds. The first-order chi connectivity index (χ1) is 20.5. The van der Waals surface area contributed by atoms with Crippen LogP contribution in [0.25, 0.3) is 33.6 Å². The Morgan fingerprint density at radius 2 is 1.52 bits per heavy atom. The highest BCUT2D eigenvalue weighted by Crippen LogP contribution is 2.42. The van der Waals surface area contributed by atoms with Crippen molar-refractivity contribution in [1.29, 1.82) is 5.26 Å². The molecule has 4 aromatic rings. The molecule has 0 bridgehead atoms. The predicted octanol–water partition coefficient (Wildman–Crippen LogP) is 6.09. The molecule has 0 radical (unpaired) electrons. The molecular weight excluding hydrogens is 555 g/mol. The number of ether oxygens (including phenoxy) is 2. The number of rotatable bonds is 7. The zero-order valence-corrected chi connectivity index (χ0v) is 23.8. The molecule has 2 aromatic heterocycles. The van der Waals surface area contributed by atoms with Crippen LogP contribution < -0.4 is 14.8 Å². The number of nitrogens with one attached hydrogen (secondary N) is 1. The molecule has 4 heterocycles. The number of benzene rings is 2. The van der Waals surface area contributed by atoms with E-state index in [2.05, 4.69) is 26.4 Å². The van der Waals surface area contributed by atoms with E-state index in [0.29, 0.717) is 52.2 Å². The van der Waals surface area contributed by atoms with Crippen LogP contribution in [-0.2, 0) is 0 Å². The Balaban J connectivity index is 1.45. The largest absolute Gasteiger partial charge is 0.480 e. The smallest absolute Gasteiger partial charge is 0.224 e. The van der Waals surface area contributed by atoms with Crippen molar-refractivity contribution in [3.8, 4) is 51.5 Å². The molecule has 0 saturated carbocycles. The van der Waals surface area contributed by atoms with Gasteiger partial charge in [0, 0.05) is 41.1 Å². The zero-order valence-electron chi connectivity index (χ0n) is 23.0. The first kappa shape index (κ1) is 27.4. The van der Waals surface area contributed by atoms with Gasteiger partial charge in [0.2, 0.25) is 11.8 Å². The average molecular weight is 581 g/mol. The number of pyridine rings is 2. The first-order valence-corrected chi connectivity index (χ1v) is 13.9. The molecule has 42 heavy (non-hydrogen) atoms. The first-order valence-electron chi connectivity index (χ1n) is 13.5. The molecule has 0 fully saturated rings. The normalized spacial score (nSPS) is 14.2. The van der Waals surface area contributed by atoms with Crippen LogP contribution in [0, 0.1) is 17.1 Å². The molecular formula is C32H26ClFN6O2. The van der Waals surface area contributed by atoms with Crippen molar-refractivity contribution in [2.75, 3.05) is 33.9 Å². The van der Waals surface area contributed by atoms with Gasteiger partial charge in [0.1, 0.15) is 17.7 Å². The monoisotopic (exact) mass is 580 g/mol. The summed E-state index contributed by atoms with van der Waals surface area (Å²) in [6, 6.07) is 17.7. The van der Waals surface area contributed by atoms with Crippen LogP contribution in [0.1, 0.15) is 29.5 Å². The van der Waals surface area contributed by atoms with Crippen LogP contribution in [-0.4, -0.2) is 55.4 Å². The maximum Gasteiger partial charge on any atom is 0.224 e. The Bertz CT molecular complexity index is 1810. The van der Waals surface area contributed by atoms with Crippen molar-refractivity contribution in [3.63, 3.8) is 0 Å². The average Bonchev–Trinajstić information content (AvgIpc) is 3.76. The Kier molecular flexibility index (Phi) is 7.55.